The highest BCUT2D eigenvalue weighted by atomic mass is 16.5. The smallest absolute Gasteiger partial charge is 0.251 e. The van der Waals surface area contributed by atoms with E-state index < -0.39 is 0 Å². The molecule has 0 unspecified atom stereocenters. The lowest BCUT2D eigenvalue weighted by Gasteiger charge is -2.04. The van der Waals surface area contributed by atoms with Gasteiger partial charge >= 0.3 is 0 Å². The molecule has 0 aliphatic heterocycles. The average Bonchev–Trinajstić information content (AvgIpc) is 2.30. The lowest BCUT2D eigenvalue weighted by Crippen LogP contribution is -2.26. The molecule has 1 aromatic rings. The molecule has 0 aliphatic rings. The van der Waals surface area contributed by atoms with E-state index in [2.05, 4.69) is 17.2 Å². The van der Waals surface area contributed by atoms with Crippen LogP contribution in [0.15, 0.2) is 24.3 Å². The number of hydrogen-bond acceptors (Lipinski definition) is 2. The van der Waals surface area contributed by atoms with Crippen molar-refractivity contribution in [3.05, 3.63) is 35.4 Å². The summed E-state index contributed by atoms with van der Waals surface area (Å²) in [5.41, 5.74) is 1.55. The maximum absolute atomic E-state index is 11.6. The third-order valence-electron chi connectivity index (χ3n) is 2.01. The fourth-order valence-corrected chi connectivity index (χ4v) is 1.22. The largest absolute Gasteiger partial charge is 0.383 e. The molecule has 0 aliphatic carbocycles. The molecule has 0 saturated carbocycles. The number of benzene rings is 1. The number of carbonyl (C=O) groups is 1. The lowest BCUT2D eigenvalue weighted by molar-refractivity contribution is 0.0937. The minimum Gasteiger partial charge on any atom is -0.383 e. The highest BCUT2D eigenvalue weighted by Gasteiger charge is 2.03. The average molecular weight is 217 g/mol. The van der Waals surface area contributed by atoms with Gasteiger partial charge in [0.25, 0.3) is 5.91 Å². The molecule has 0 aromatic heterocycles. The molecule has 0 atom stereocenters. The normalized spacial score (nSPS) is 9.12. The minimum absolute atomic E-state index is 0.0898. The van der Waals surface area contributed by atoms with Crippen LogP contribution in [0.25, 0.3) is 0 Å². The van der Waals surface area contributed by atoms with E-state index in [0.717, 1.165) is 5.56 Å². The number of rotatable bonds is 4. The van der Waals surface area contributed by atoms with Crippen LogP contribution in [0.1, 0.15) is 22.8 Å². The molecule has 0 saturated heterocycles. The van der Waals surface area contributed by atoms with Gasteiger partial charge in [-0.2, -0.15) is 0 Å². The van der Waals surface area contributed by atoms with Crippen molar-refractivity contribution in [2.45, 2.75) is 6.92 Å². The molecule has 0 radical (unpaired) electrons. The third kappa shape index (κ3) is 3.76. The Hall–Kier alpha value is -1.79. The Morgan fingerprint density at radius 2 is 2.06 bits per heavy atom. The molecular formula is C13H15NO2. The second-order valence-corrected chi connectivity index (χ2v) is 3.20. The van der Waals surface area contributed by atoms with Crippen LogP contribution in [0.4, 0.5) is 0 Å². The number of carbonyl (C=O) groups excluding carboxylic acids is 1. The minimum atomic E-state index is -0.0898. The molecular weight excluding hydrogens is 202 g/mol. The van der Waals surface area contributed by atoms with Crippen LogP contribution >= 0.6 is 0 Å². The number of ether oxygens (including phenoxy) is 1. The molecule has 1 aromatic carbocycles. The van der Waals surface area contributed by atoms with Crippen LogP contribution in [0.5, 0.6) is 0 Å². The van der Waals surface area contributed by atoms with Crippen LogP contribution in [0, 0.1) is 11.8 Å². The summed E-state index contributed by atoms with van der Waals surface area (Å²) in [6.45, 7) is 2.82. The van der Waals surface area contributed by atoms with Crippen LogP contribution < -0.4 is 5.32 Å². The first-order chi connectivity index (χ1) is 7.77. The molecule has 1 N–H and O–H groups in total. The van der Waals surface area contributed by atoms with Crippen molar-refractivity contribution in [2.75, 3.05) is 20.3 Å². The van der Waals surface area contributed by atoms with Gasteiger partial charge in [-0.25, -0.2) is 0 Å². The first kappa shape index (κ1) is 12.3. The Labute approximate surface area is 95.8 Å². The van der Waals surface area contributed by atoms with Gasteiger partial charge in [-0.1, -0.05) is 5.92 Å². The fourth-order valence-electron chi connectivity index (χ4n) is 1.22. The highest BCUT2D eigenvalue weighted by molar-refractivity contribution is 5.94. The van der Waals surface area contributed by atoms with Crippen molar-refractivity contribution < 1.29 is 9.53 Å². The van der Waals surface area contributed by atoms with Gasteiger partial charge in [-0.15, -0.1) is 5.92 Å². The summed E-state index contributed by atoms with van der Waals surface area (Å²) in [4.78, 5) is 11.6. The van der Waals surface area contributed by atoms with Gasteiger partial charge in [0, 0.05) is 24.8 Å². The Kier molecular flexibility index (Phi) is 5.10. The van der Waals surface area contributed by atoms with Gasteiger partial charge in [-0.05, 0) is 31.2 Å². The quantitative estimate of drug-likeness (QED) is 0.612. The molecule has 84 valence electrons. The first-order valence-corrected chi connectivity index (χ1v) is 5.08. The van der Waals surface area contributed by atoms with Gasteiger partial charge in [0.05, 0.1) is 6.61 Å². The van der Waals surface area contributed by atoms with E-state index in [-0.39, 0.29) is 5.91 Å². The summed E-state index contributed by atoms with van der Waals surface area (Å²) in [5, 5.41) is 2.75. The lowest BCUT2D eigenvalue weighted by atomic mass is 10.1. The number of methoxy groups -OCH3 is 1. The van der Waals surface area contributed by atoms with E-state index in [9.17, 15) is 4.79 Å². The van der Waals surface area contributed by atoms with Gasteiger partial charge < -0.3 is 10.1 Å². The second-order valence-electron chi connectivity index (χ2n) is 3.20. The standard InChI is InChI=1S/C13H15NO2/c1-3-4-11-5-7-12(8-6-11)13(15)14-9-10-16-2/h5-8H,9-10H2,1-2H3,(H,14,15). The van der Waals surface area contributed by atoms with Gasteiger partial charge in [0.15, 0.2) is 0 Å². The van der Waals surface area contributed by atoms with E-state index in [1.807, 2.05) is 12.1 Å². The summed E-state index contributed by atoms with van der Waals surface area (Å²) in [7, 11) is 1.60. The van der Waals surface area contributed by atoms with Crippen LogP contribution in [0.3, 0.4) is 0 Å². The van der Waals surface area contributed by atoms with Gasteiger partial charge in [0.1, 0.15) is 0 Å². The Morgan fingerprint density at radius 3 is 2.62 bits per heavy atom. The zero-order valence-electron chi connectivity index (χ0n) is 9.54. The van der Waals surface area contributed by atoms with Crippen LogP contribution in [-0.2, 0) is 4.74 Å². The molecule has 1 rings (SSSR count). The van der Waals surface area contributed by atoms with Crippen LogP contribution in [0.2, 0.25) is 0 Å². The van der Waals surface area contributed by atoms with Crippen molar-refractivity contribution in [1.29, 1.82) is 0 Å². The number of hydrogen-bond donors (Lipinski definition) is 1. The summed E-state index contributed by atoms with van der Waals surface area (Å²) in [5.74, 6) is 5.64. The Balaban J connectivity index is 2.58. The predicted molar refractivity (Wildman–Crippen MR) is 63.2 cm³/mol. The third-order valence-corrected chi connectivity index (χ3v) is 2.01. The second kappa shape index (κ2) is 6.65. The Bertz CT molecular complexity index is 398. The summed E-state index contributed by atoms with van der Waals surface area (Å²) in [6.07, 6.45) is 0. The highest BCUT2D eigenvalue weighted by Crippen LogP contribution is 2.02. The van der Waals surface area contributed by atoms with E-state index in [0.29, 0.717) is 18.7 Å². The zero-order chi connectivity index (χ0) is 11.8. The molecule has 0 bridgehead atoms. The molecule has 0 fully saturated rings. The van der Waals surface area contributed by atoms with Gasteiger partial charge in [-0.3, -0.25) is 4.79 Å². The van der Waals surface area contributed by atoms with E-state index in [1.54, 1.807) is 26.2 Å². The molecule has 16 heavy (non-hydrogen) atoms. The zero-order valence-corrected chi connectivity index (χ0v) is 9.54. The van der Waals surface area contributed by atoms with E-state index in [1.165, 1.54) is 0 Å². The SMILES string of the molecule is CC#Cc1ccc(C(=O)NCCOC)cc1. The molecule has 3 nitrogen and oxygen atoms in total. The van der Waals surface area contributed by atoms with Gasteiger partial charge in [0.2, 0.25) is 0 Å². The predicted octanol–water partition coefficient (Wildman–Crippen LogP) is 1.43. The maximum Gasteiger partial charge on any atom is 0.251 e. The topological polar surface area (TPSA) is 38.3 Å². The molecule has 0 spiro atoms. The van der Waals surface area contributed by atoms with Crippen molar-refractivity contribution in [3.8, 4) is 11.8 Å². The summed E-state index contributed by atoms with van der Waals surface area (Å²) < 4.78 is 4.85. The van der Waals surface area contributed by atoms with E-state index >= 15 is 0 Å². The first-order valence-electron chi connectivity index (χ1n) is 5.08. The summed E-state index contributed by atoms with van der Waals surface area (Å²) in [6, 6.07) is 7.20. The van der Waals surface area contributed by atoms with Crippen molar-refractivity contribution in [1.82, 2.24) is 5.32 Å². The molecule has 3 heteroatoms. The van der Waals surface area contributed by atoms with Crippen LogP contribution in [-0.4, -0.2) is 26.2 Å². The number of nitrogens with one attached hydrogen (secondary N) is 1. The Morgan fingerprint density at radius 1 is 1.38 bits per heavy atom. The van der Waals surface area contributed by atoms with Crippen molar-refractivity contribution in [3.63, 3.8) is 0 Å². The van der Waals surface area contributed by atoms with Crippen molar-refractivity contribution >= 4 is 5.91 Å². The molecule has 1 amide bonds. The van der Waals surface area contributed by atoms with Crippen molar-refractivity contribution in [2.24, 2.45) is 0 Å². The monoisotopic (exact) mass is 217 g/mol. The van der Waals surface area contributed by atoms with E-state index in [4.69, 9.17) is 4.74 Å². The maximum atomic E-state index is 11.6. The summed E-state index contributed by atoms with van der Waals surface area (Å²) >= 11 is 0. The fraction of sp³-hybridized carbons (Fsp3) is 0.308. The number of amides is 1. The molecule has 0 heterocycles.